The molecule has 20 rings (SSSR count). The third kappa shape index (κ3) is 17.0. The first kappa shape index (κ1) is 72.8. The van der Waals surface area contributed by atoms with Gasteiger partial charge in [0.25, 0.3) is 11.8 Å². The largest absolute Gasteiger partial charge is 0.349 e. The highest BCUT2D eigenvalue weighted by atomic mass is 19.1. The minimum Gasteiger partial charge on any atom is -0.349 e. The first-order valence-electron chi connectivity index (χ1n) is 39.1. The summed E-state index contributed by atoms with van der Waals surface area (Å²) in [5.74, 6) is 8.41. The third-order valence-electron chi connectivity index (χ3n) is 21.1. The Bertz CT molecular complexity index is 6040. The van der Waals surface area contributed by atoms with Crippen LogP contribution in [-0.4, -0.2) is 125 Å². The second-order valence-corrected chi connectivity index (χ2v) is 31.0. The zero-order chi connectivity index (χ0) is 77.1. The number of carbonyl (C=O) groups excluding carboxylic acids is 2. The summed E-state index contributed by atoms with van der Waals surface area (Å²) in [6.07, 6.45) is 17.0. The molecule has 24 nitrogen and oxygen atoms in total. The number of nitrogens with zero attached hydrogens (tertiary/aromatic N) is 12. The molecular formula is C87H86F2N22O2. The van der Waals surface area contributed by atoms with E-state index in [9.17, 15) is 18.4 Å². The molecule has 113 heavy (non-hydrogen) atoms. The molecule has 570 valence electrons. The van der Waals surface area contributed by atoms with Crippen LogP contribution >= 0.6 is 0 Å². The lowest BCUT2D eigenvalue weighted by molar-refractivity contribution is 0.0915. The zero-order valence-corrected chi connectivity index (χ0v) is 63.2. The van der Waals surface area contributed by atoms with E-state index in [0.717, 1.165) is 197 Å². The van der Waals surface area contributed by atoms with E-state index in [2.05, 4.69) is 141 Å². The lowest BCUT2D eigenvalue weighted by Crippen LogP contribution is -2.39. The van der Waals surface area contributed by atoms with E-state index in [1.807, 2.05) is 115 Å². The summed E-state index contributed by atoms with van der Waals surface area (Å²) in [5, 5.41) is 69.9. The molecule has 4 saturated carbocycles. The topological polar surface area (TPSA) is 339 Å². The fourth-order valence-electron chi connectivity index (χ4n) is 14.6. The Morgan fingerprint density at radius 2 is 0.673 bits per heavy atom. The standard InChI is InChI=1S/C24H26N6O.C23H24N6O.C21H20FN5.C19H16FN5/c1-14(2)11-21-26-23(30-28-21)16-9-10-20-19(13-16)22(29-27-20)15-5-3-6-17(12-15)24(31)25-18-7-4-8-18;1-13(2)10-20-25-22(29-27-20)15-6-9-19-18(12-15)21(28-26-19)14-4-3-5-16(11-14)23(30)24-17-7-8-17;22-16-8-5-14(6-9-16)20-17-12-15(7-10-18(17)24-26-20)21-23-19(25-27-21)11-13-3-1-2-4-13;20-14-6-3-12(4-7-14)18-15-10-13(5-8-16(15)22-24-18)19-21-17(23-25-19)9-11-1-2-11/h3,5-6,9-10,12-14,18H,4,7-8,11H2,1-2H3,(H,25,31)(H,27,29)(H,26,28,30);3-6,9,11-13,17H,7-8,10H2,1-2H3,(H,24,30)(H,26,28)(H,25,27,29);5-10,12-13H,1-4,11H2,(H,24,26)(H,23,25,27);3-8,10-11H,1-2,9H2,(H,22,24)(H,21,23,25). The number of hydrogen-bond donors (Lipinski definition) is 10. The van der Waals surface area contributed by atoms with Crippen LogP contribution in [0.25, 0.3) is 134 Å². The molecule has 0 spiro atoms. The van der Waals surface area contributed by atoms with Crippen molar-refractivity contribution in [1.82, 2.24) is 112 Å². The van der Waals surface area contributed by atoms with Crippen molar-refractivity contribution in [2.45, 2.75) is 136 Å². The average Bonchev–Trinajstić information content (AvgIpc) is 1.76. The van der Waals surface area contributed by atoms with E-state index in [0.29, 0.717) is 58.3 Å². The Hall–Kier alpha value is -13.0. The van der Waals surface area contributed by atoms with E-state index < -0.39 is 0 Å². The number of rotatable bonds is 20. The van der Waals surface area contributed by atoms with Gasteiger partial charge >= 0.3 is 0 Å². The zero-order valence-electron chi connectivity index (χ0n) is 63.2. The van der Waals surface area contributed by atoms with Crippen molar-refractivity contribution in [3.63, 3.8) is 0 Å². The van der Waals surface area contributed by atoms with Crippen LogP contribution in [0.1, 0.15) is 142 Å². The fraction of sp³-hybridized carbons (Fsp3) is 0.287. The Morgan fingerprint density at radius 1 is 0.345 bits per heavy atom. The number of halogens is 2. The number of aromatic nitrogens is 20. The van der Waals surface area contributed by atoms with E-state index >= 15 is 0 Å². The fourth-order valence-corrected chi connectivity index (χ4v) is 14.6. The molecule has 8 heterocycles. The van der Waals surface area contributed by atoms with Gasteiger partial charge < -0.3 is 10.6 Å². The Kier molecular flexibility index (Phi) is 20.7. The summed E-state index contributed by atoms with van der Waals surface area (Å²) in [4.78, 5) is 43.6. The van der Waals surface area contributed by atoms with Crippen LogP contribution in [0.4, 0.5) is 8.78 Å². The number of carbonyl (C=O) groups is 2. The van der Waals surface area contributed by atoms with Gasteiger partial charge in [-0.1, -0.05) is 77.6 Å². The predicted molar refractivity (Wildman–Crippen MR) is 432 cm³/mol. The molecule has 0 bridgehead atoms. The number of benzene rings is 8. The van der Waals surface area contributed by atoms with Gasteiger partial charge in [0.15, 0.2) is 23.3 Å². The molecule has 8 aromatic heterocycles. The van der Waals surface area contributed by atoms with Crippen LogP contribution in [0, 0.1) is 35.3 Å². The minimum absolute atomic E-state index is 0.0227. The number of amides is 2. The first-order chi connectivity index (χ1) is 55.1. The molecule has 0 aliphatic heterocycles. The second kappa shape index (κ2) is 32.1. The Balaban J connectivity index is 0.000000109. The highest BCUT2D eigenvalue weighted by Gasteiger charge is 2.27. The molecule has 26 heteroatoms. The quantitative estimate of drug-likeness (QED) is 0.0339. The van der Waals surface area contributed by atoms with Crippen LogP contribution in [0.15, 0.2) is 170 Å². The third-order valence-corrected chi connectivity index (χ3v) is 21.1. The monoisotopic (exact) mass is 1510 g/mol. The molecule has 4 fully saturated rings. The van der Waals surface area contributed by atoms with Crippen molar-refractivity contribution in [3.8, 4) is 90.6 Å². The maximum absolute atomic E-state index is 13.2. The van der Waals surface area contributed by atoms with E-state index in [1.165, 1.54) is 69.2 Å². The van der Waals surface area contributed by atoms with Gasteiger partial charge in [-0.05, 0) is 214 Å². The normalized spacial score (nSPS) is 14.3. The molecule has 0 radical (unpaired) electrons. The summed E-state index contributed by atoms with van der Waals surface area (Å²) >= 11 is 0. The highest BCUT2D eigenvalue weighted by Crippen LogP contribution is 2.37. The summed E-state index contributed by atoms with van der Waals surface area (Å²) < 4.78 is 26.4. The van der Waals surface area contributed by atoms with Crippen LogP contribution in [0.5, 0.6) is 0 Å². The van der Waals surface area contributed by atoms with E-state index in [-0.39, 0.29) is 23.4 Å². The summed E-state index contributed by atoms with van der Waals surface area (Å²) in [6.45, 7) is 8.63. The molecule has 4 aliphatic rings. The van der Waals surface area contributed by atoms with Crippen molar-refractivity contribution in [1.29, 1.82) is 0 Å². The van der Waals surface area contributed by atoms with Gasteiger partial charge in [-0.15, -0.1) is 0 Å². The lowest BCUT2D eigenvalue weighted by atomic mass is 9.93. The second-order valence-electron chi connectivity index (χ2n) is 31.0. The van der Waals surface area contributed by atoms with Gasteiger partial charge in [0.2, 0.25) is 0 Å². The van der Waals surface area contributed by atoms with Crippen molar-refractivity contribution in [2.24, 2.45) is 23.7 Å². The molecule has 16 aromatic rings. The highest BCUT2D eigenvalue weighted by molar-refractivity contribution is 6.01. The summed E-state index contributed by atoms with van der Waals surface area (Å²) in [5.41, 5.74) is 15.5. The van der Waals surface area contributed by atoms with Crippen LogP contribution in [-0.2, 0) is 25.7 Å². The first-order valence-corrected chi connectivity index (χ1v) is 39.1. The average molecular weight is 1510 g/mol. The van der Waals surface area contributed by atoms with Crippen molar-refractivity contribution in [3.05, 3.63) is 216 Å². The Morgan fingerprint density at radius 3 is 1.01 bits per heavy atom. The van der Waals surface area contributed by atoms with Gasteiger partial charge in [0, 0.05) is 115 Å². The van der Waals surface area contributed by atoms with Gasteiger partial charge in [0.1, 0.15) is 34.9 Å². The maximum atomic E-state index is 13.2. The number of hydrogen-bond acceptors (Lipinski definition) is 14. The maximum Gasteiger partial charge on any atom is 0.251 e. The van der Waals surface area contributed by atoms with Gasteiger partial charge in [-0.25, -0.2) is 28.7 Å². The van der Waals surface area contributed by atoms with Crippen molar-refractivity contribution >= 4 is 55.4 Å². The van der Waals surface area contributed by atoms with E-state index in [1.54, 1.807) is 24.3 Å². The van der Waals surface area contributed by atoms with Crippen molar-refractivity contribution < 1.29 is 18.4 Å². The molecule has 0 saturated heterocycles. The summed E-state index contributed by atoms with van der Waals surface area (Å²) in [6, 6.07) is 52.7. The number of aromatic amines is 8. The molecule has 4 aliphatic carbocycles. The minimum atomic E-state index is -0.256. The lowest BCUT2D eigenvalue weighted by Gasteiger charge is -2.26. The number of fused-ring (bicyclic) bond motifs is 4. The van der Waals surface area contributed by atoms with Gasteiger partial charge in [-0.3, -0.25) is 50.4 Å². The molecule has 10 N–H and O–H groups in total. The smallest absolute Gasteiger partial charge is 0.251 e. The SMILES string of the molecule is CC(C)Cc1nc(-c2ccc3[nH]nc(-c4cccc(C(=O)NC5CC5)c4)c3c2)n[nH]1.CC(C)Cc1nc(-c2ccc3[nH]nc(-c4cccc(C(=O)NC5CCC5)c4)c3c2)n[nH]1.Fc1ccc(-c2n[nH]c3ccc(-c4n[nH]c(CC5CC5)n4)cc23)cc1.Fc1ccc(-c2n[nH]c3ccc(-c4n[nH]c(CC5CCCC5)n4)cc23)cc1. The molecule has 2 amide bonds. The number of H-pyrrole nitrogens is 8. The molecule has 8 aromatic carbocycles. The molecule has 0 unspecified atom stereocenters. The van der Waals surface area contributed by atoms with E-state index in [4.69, 9.17) is 4.98 Å². The van der Waals surface area contributed by atoms with Crippen LogP contribution in [0.3, 0.4) is 0 Å². The molecule has 0 atom stereocenters. The van der Waals surface area contributed by atoms with Crippen LogP contribution < -0.4 is 10.6 Å². The summed E-state index contributed by atoms with van der Waals surface area (Å²) in [7, 11) is 0. The molecular weight excluding hydrogens is 1420 g/mol. The predicted octanol–water partition coefficient (Wildman–Crippen LogP) is 17.6. The Labute approximate surface area is 648 Å². The van der Waals surface area contributed by atoms with Gasteiger partial charge in [-0.2, -0.15) is 40.8 Å². The number of nitrogens with one attached hydrogen (secondary N) is 10. The van der Waals surface area contributed by atoms with Crippen molar-refractivity contribution in [2.75, 3.05) is 0 Å². The van der Waals surface area contributed by atoms with Crippen LogP contribution in [0.2, 0.25) is 0 Å². The van der Waals surface area contributed by atoms with Gasteiger partial charge in [0.05, 0.1) is 44.8 Å².